The number of methoxy groups -OCH3 is 1. The maximum absolute atomic E-state index is 14.3. The Hall–Kier alpha value is -1.88. The molecule has 21 heavy (non-hydrogen) atoms. The summed E-state index contributed by atoms with van der Waals surface area (Å²) in [6.45, 7) is 7.00. The highest BCUT2D eigenvalue weighted by Gasteiger charge is 2.14. The zero-order valence-corrected chi connectivity index (χ0v) is 12.8. The quantitative estimate of drug-likeness (QED) is 0.794. The van der Waals surface area contributed by atoms with Crippen molar-refractivity contribution in [3.05, 3.63) is 30.2 Å². The number of nitrogens with zero attached hydrogens (tertiary/aromatic N) is 2. The summed E-state index contributed by atoms with van der Waals surface area (Å²) in [6.07, 6.45) is 1.70. The molecular formula is C16H22FN3O. The minimum absolute atomic E-state index is 0.233. The van der Waals surface area contributed by atoms with Crippen LogP contribution in [0.2, 0.25) is 0 Å². The number of benzene rings is 1. The first kappa shape index (κ1) is 15.5. The number of aromatic nitrogens is 1. The van der Waals surface area contributed by atoms with Gasteiger partial charge in [-0.25, -0.2) is 9.37 Å². The molecule has 1 aromatic heterocycles. The van der Waals surface area contributed by atoms with E-state index >= 15 is 0 Å². The number of hydrogen-bond acceptors (Lipinski definition) is 4. The van der Waals surface area contributed by atoms with Gasteiger partial charge in [-0.05, 0) is 19.9 Å². The van der Waals surface area contributed by atoms with E-state index in [1.165, 1.54) is 6.07 Å². The van der Waals surface area contributed by atoms with Crippen molar-refractivity contribution in [3.8, 4) is 0 Å². The molecular weight excluding hydrogens is 269 g/mol. The Morgan fingerprint density at radius 3 is 2.71 bits per heavy atom. The molecule has 1 N–H and O–H groups in total. The molecule has 0 saturated heterocycles. The molecule has 0 unspecified atom stereocenters. The maximum atomic E-state index is 14.3. The van der Waals surface area contributed by atoms with Gasteiger partial charge in [0.15, 0.2) is 0 Å². The third kappa shape index (κ3) is 3.24. The summed E-state index contributed by atoms with van der Waals surface area (Å²) >= 11 is 0. The fourth-order valence-electron chi connectivity index (χ4n) is 2.44. The van der Waals surface area contributed by atoms with Crippen LogP contribution < -0.4 is 10.2 Å². The van der Waals surface area contributed by atoms with E-state index in [9.17, 15) is 4.39 Å². The van der Waals surface area contributed by atoms with Crippen molar-refractivity contribution < 1.29 is 9.13 Å². The van der Waals surface area contributed by atoms with Crippen LogP contribution in [-0.4, -0.2) is 38.3 Å². The van der Waals surface area contributed by atoms with Gasteiger partial charge in [-0.2, -0.15) is 0 Å². The van der Waals surface area contributed by atoms with Gasteiger partial charge in [0.1, 0.15) is 11.6 Å². The molecule has 0 radical (unpaired) electrons. The Labute approximate surface area is 124 Å². The molecule has 0 aliphatic heterocycles. The van der Waals surface area contributed by atoms with Crippen LogP contribution in [0.15, 0.2) is 24.4 Å². The van der Waals surface area contributed by atoms with Crippen LogP contribution in [0.4, 0.5) is 15.9 Å². The van der Waals surface area contributed by atoms with Gasteiger partial charge in [-0.1, -0.05) is 12.1 Å². The molecule has 114 valence electrons. The lowest BCUT2D eigenvalue weighted by atomic mass is 10.1. The first-order chi connectivity index (χ1) is 10.2. The summed E-state index contributed by atoms with van der Waals surface area (Å²) in [7, 11) is 1.64. The van der Waals surface area contributed by atoms with Crippen molar-refractivity contribution in [2.45, 2.75) is 13.8 Å². The summed E-state index contributed by atoms with van der Waals surface area (Å²) in [4.78, 5) is 6.65. The van der Waals surface area contributed by atoms with Crippen LogP contribution in [0.1, 0.15) is 13.8 Å². The molecule has 0 aliphatic carbocycles. The Morgan fingerprint density at radius 1 is 1.29 bits per heavy atom. The van der Waals surface area contributed by atoms with E-state index in [1.807, 2.05) is 6.07 Å². The number of rotatable bonds is 7. The molecule has 0 spiro atoms. The van der Waals surface area contributed by atoms with Gasteiger partial charge < -0.3 is 15.0 Å². The molecule has 0 bridgehead atoms. The molecule has 5 heteroatoms. The number of pyridine rings is 1. The van der Waals surface area contributed by atoms with Crippen LogP contribution in [0, 0.1) is 5.82 Å². The van der Waals surface area contributed by atoms with Crippen LogP contribution >= 0.6 is 0 Å². The number of halogens is 1. The summed E-state index contributed by atoms with van der Waals surface area (Å²) in [5.74, 6) is 0.593. The van der Waals surface area contributed by atoms with Crippen molar-refractivity contribution in [3.63, 3.8) is 0 Å². The minimum Gasteiger partial charge on any atom is -0.383 e. The monoisotopic (exact) mass is 291 g/mol. The molecule has 0 fully saturated rings. The molecule has 1 aromatic carbocycles. The Morgan fingerprint density at radius 2 is 2.05 bits per heavy atom. The van der Waals surface area contributed by atoms with Gasteiger partial charge in [0.2, 0.25) is 0 Å². The molecule has 0 atom stereocenters. The molecule has 0 amide bonds. The molecule has 2 aromatic rings. The number of ether oxygens (including phenoxy) is 1. The lowest BCUT2D eigenvalue weighted by Crippen LogP contribution is -2.23. The summed E-state index contributed by atoms with van der Waals surface area (Å²) < 4.78 is 19.3. The average molecular weight is 291 g/mol. The maximum Gasteiger partial charge on any atom is 0.136 e. The first-order valence-corrected chi connectivity index (χ1v) is 7.27. The number of nitrogens with one attached hydrogen (secondary N) is 1. The lowest BCUT2D eigenvalue weighted by Gasteiger charge is -2.22. The van der Waals surface area contributed by atoms with Gasteiger partial charge in [-0.15, -0.1) is 0 Å². The summed E-state index contributed by atoms with van der Waals surface area (Å²) in [5.41, 5.74) is 0.705. The van der Waals surface area contributed by atoms with Gasteiger partial charge in [0.25, 0.3) is 0 Å². The van der Waals surface area contributed by atoms with Crippen LogP contribution in [0.3, 0.4) is 0 Å². The van der Waals surface area contributed by atoms with Crippen molar-refractivity contribution in [2.24, 2.45) is 0 Å². The van der Waals surface area contributed by atoms with E-state index in [4.69, 9.17) is 4.74 Å². The molecule has 0 aliphatic rings. The van der Waals surface area contributed by atoms with Gasteiger partial charge in [-0.3, -0.25) is 0 Å². The number of anilines is 2. The second-order valence-corrected chi connectivity index (χ2v) is 4.75. The van der Waals surface area contributed by atoms with E-state index in [1.54, 1.807) is 19.4 Å². The largest absolute Gasteiger partial charge is 0.383 e. The second kappa shape index (κ2) is 7.22. The molecule has 1 heterocycles. The third-order valence-corrected chi connectivity index (χ3v) is 3.52. The fraction of sp³-hybridized carbons (Fsp3) is 0.438. The normalized spacial score (nSPS) is 10.9. The minimum atomic E-state index is -0.233. The number of hydrogen-bond donors (Lipinski definition) is 1. The van der Waals surface area contributed by atoms with E-state index in [0.717, 1.165) is 24.3 Å². The van der Waals surface area contributed by atoms with Crippen molar-refractivity contribution in [1.29, 1.82) is 0 Å². The average Bonchev–Trinajstić information content (AvgIpc) is 2.50. The molecule has 0 saturated carbocycles. The van der Waals surface area contributed by atoms with Crippen LogP contribution in [0.25, 0.3) is 10.8 Å². The third-order valence-electron chi connectivity index (χ3n) is 3.52. The van der Waals surface area contributed by atoms with E-state index in [-0.39, 0.29) is 5.82 Å². The first-order valence-electron chi connectivity index (χ1n) is 7.27. The highest BCUT2D eigenvalue weighted by atomic mass is 19.1. The smallest absolute Gasteiger partial charge is 0.136 e. The topological polar surface area (TPSA) is 37.4 Å². The van der Waals surface area contributed by atoms with Crippen molar-refractivity contribution in [2.75, 3.05) is 43.6 Å². The SMILES string of the molecule is CCN(CC)c1ncc(NCCOC)c2c(F)cccc12. The second-order valence-electron chi connectivity index (χ2n) is 4.75. The molecule has 2 rings (SSSR count). The van der Waals surface area contributed by atoms with Gasteiger partial charge >= 0.3 is 0 Å². The Balaban J connectivity index is 2.51. The van der Waals surface area contributed by atoms with Gasteiger partial charge in [0, 0.05) is 37.5 Å². The predicted molar refractivity (Wildman–Crippen MR) is 85.6 cm³/mol. The predicted octanol–water partition coefficient (Wildman–Crippen LogP) is 3.28. The zero-order valence-electron chi connectivity index (χ0n) is 12.8. The van der Waals surface area contributed by atoms with E-state index in [0.29, 0.717) is 24.2 Å². The van der Waals surface area contributed by atoms with Crippen LogP contribution in [-0.2, 0) is 4.74 Å². The van der Waals surface area contributed by atoms with Crippen LogP contribution in [0.5, 0.6) is 0 Å². The summed E-state index contributed by atoms with van der Waals surface area (Å²) in [5, 5.41) is 4.61. The van der Waals surface area contributed by atoms with Crippen molar-refractivity contribution in [1.82, 2.24) is 4.98 Å². The highest BCUT2D eigenvalue weighted by molar-refractivity contribution is 6.00. The Kier molecular flexibility index (Phi) is 5.33. The number of fused-ring (bicyclic) bond motifs is 1. The Bertz CT molecular complexity index is 599. The van der Waals surface area contributed by atoms with Gasteiger partial charge in [0.05, 0.1) is 18.5 Å². The van der Waals surface area contributed by atoms with E-state index < -0.39 is 0 Å². The lowest BCUT2D eigenvalue weighted by molar-refractivity contribution is 0.211. The van der Waals surface area contributed by atoms with Crippen molar-refractivity contribution >= 4 is 22.3 Å². The molecule has 4 nitrogen and oxygen atoms in total. The highest BCUT2D eigenvalue weighted by Crippen LogP contribution is 2.31. The summed E-state index contributed by atoms with van der Waals surface area (Å²) in [6, 6.07) is 5.13. The standard InChI is InChI=1S/C16H22FN3O/c1-4-20(5-2)16-12-7-6-8-13(17)15(12)14(11-19-16)18-9-10-21-3/h6-8,11,18H,4-5,9-10H2,1-3H3. The fourth-order valence-corrected chi connectivity index (χ4v) is 2.44. The van der Waals surface area contributed by atoms with E-state index in [2.05, 4.69) is 29.0 Å². The zero-order chi connectivity index (χ0) is 15.2.